The lowest BCUT2D eigenvalue weighted by Gasteiger charge is -2.06. The number of benzene rings is 2. The second-order valence-corrected chi connectivity index (χ2v) is 5.75. The molecule has 0 spiro atoms. The van der Waals surface area contributed by atoms with Crippen LogP contribution in [0.4, 0.5) is 5.69 Å². The van der Waals surface area contributed by atoms with Crippen LogP contribution < -0.4 is 10.2 Å². The van der Waals surface area contributed by atoms with Crippen LogP contribution >= 0.6 is 0 Å². The number of hydrogen-bond donors (Lipinski definition) is 2. The number of hydrogen-bond acceptors (Lipinski definition) is 6. The Hall–Kier alpha value is -3.42. The average molecular weight is 357 g/mol. The number of nitrogens with zero attached hydrogens (tertiary/aromatic N) is 2. The van der Waals surface area contributed by atoms with Crippen LogP contribution in [0.2, 0.25) is 0 Å². The standard InChI is InChI=1S/C18H19N3O5/c1-11-4-5-14(12(2)6-11)9-17(22)20-19-10-13-7-15(21(24)25)18(23)16(8-13)26-3/h4-8,10,23H,9H2,1-3H3,(H,20,22)/b19-10-. The van der Waals surface area contributed by atoms with Gasteiger partial charge in [-0.3, -0.25) is 14.9 Å². The Balaban J connectivity index is 2.09. The van der Waals surface area contributed by atoms with Gasteiger partial charge in [0, 0.05) is 11.6 Å². The van der Waals surface area contributed by atoms with E-state index in [1.807, 2.05) is 32.0 Å². The molecule has 0 saturated carbocycles. The lowest BCUT2D eigenvalue weighted by Crippen LogP contribution is -2.20. The van der Waals surface area contributed by atoms with Gasteiger partial charge in [0.1, 0.15) is 0 Å². The summed E-state index contributed by atoms with van der Waals surface area (Å²) < 4.78 is 4.90. The van der Waals surface area contributed by atoms with Gasteiger partial charge in [-0.25, -0.2) is 5.43 Å². The predicted octanol–water partition coefficient (Wildman–Crippen LogP) is 2.62. The molecule has 0 unspecified atom stereocenters. The van der Waals surface area contributed by atoms with Crippen molar-refractivity contribution in [2.45, 2.75) is 20.3 Å². The number of nitro benzene ring substituents is 1. The minimum absolute atomic E-state index is 0.0535. The maximum Gasteiger partial charge on any atom is 0.315 e. The monoisotopic (exact) mass is 357 g/mol. The number of aryl methyl sites for hydroxylation is 2. The molecule has 1 amide bonds. The fraction of sp³-hybridized carbons (Fsp3) is 0.222. The lowest BCUT2D eigenvalue weighted by molar-refractivity contribution is -0.386. The zero-order chi connectivity index (χ0) is 19.3. The Kier molecular flexibility index (Phi) is 5.90. The van der Waals surface area contributed by atoms with Crippen LogP contribution in [0.25, 0.3) is 0 Å². The third-order valence-corrected chi connectivity index (χ3v) is 3.75. The van der Waals surface area contributed by atoms with Crippen LogP contribution in [-0.4, -0.2) is 29.3 Å². The maximum atomic E-state index is 12.0. The molecule has 0 aliphatic carbocycles. The highest BCUT2D eigenvalue weighted by Gasteiger charge is 2.19. The lowest BCUT2D eigenvalue weighted by atomic mass is 10.0. The summed E-state index contributed by atoms with van der Waals surface area (Å²) in [7, 11) is 1.28. The molecule has 0 heterocycles. The molecule has 0 atom stereocenters. The molecule has 136 valence electrons. The van der Waals surface area contributed by atoms with E-state index in [2.05, 4.69) is 10.5 Å². The Labute approximate surface area is 150 Å². The first-order valence-corrected chi connectivity index (χ1v) is 7.75. The number of rotatable bonds is 6. The van der Waals surface area contributed by atoms with Gasteiger partial charge in [-0.15, -0.1) is 0 Å². The molecule has 26 heavy (non-hydrogen) atoms. The van der Waals surface area contributed by atoms with E-state index in [-0.39, 0.29) is 18.1 Å². The van der Waals surface area contributed by atoms with Gasteiger partial charge in [-0.05, 0) is 31.0 Å². The first-order valence-electron chi connectivity index (χ1n) is 7.75. The largest absolute Gasteiger partial charge is 0.500 e. The second kappa shape index (κ2) is 8.11. The Morgan fingerprint density at radius 2 is 2.08 bits per heavy atom. The van der Waals surface area contributed by atoms with Crippen molar-refractivity contribution in [1.29, 1.82) is 0 Å². The zero-order valence-corrected chi connectivity index (χ0v) is 14.6. The maximum absolute atomic E-state index is 12.0. The fourth-order valence-corrected chi connectivity index (χ4v) is 2.42. The normalized spacial score (nSPS) is 10.7. The smallest absolute Gasteiger partial charge is 0.315 e. The van der Waals surface area contributed by atoms with E-state index in [1.54, 1.807) is 0 Å². The van der Waals surface area contributed by atoms with E-state index in [1.165, 1.54) is 19.4 Å². The number of phenols is 1. The Morgan fingerprint density at radius 1 is 1.35 bits per heavy atom. The summed E-state index contributed by atoms with van der Waals surface area (Å²) in [5.74, 6) is -0.927. The third kappa shape index (κ3) is 4.56. The highest BCUT2D eigenvalue weighted by atomic mass is 16.6. The van der Waals surface area contributed by atoms with Gasteiger partial charge in [-0.2, -0.15) is 5.10 Å². The summed E-state index contributed by atoms with van der Waals surface area (Å²) in [6.45, 7) is 3.91. The molecular weight excluding hydrogens is 338 g/mol. The molecule has 2 aromatic carbocycles. The number of amides is 1. The van der Waals surface area contributed by atoms with Crippen LogP contribution in [-0.2, 0) is 11.2 Å². The molecule has 2 rings (SSSR count). The quantitative estimate of drug-likeness (QED) is 0.468. The number of nitro groups is 1. The Bertz CT molecular complexity index is 877. The van der Waals surface area contributed by atoms with Crippen LogP contribution in [0.5, 0.6) is 11.5 Å². The molecular formula is C18H19N3O5. The molecule has 0 bridgehead atoms. The summed E-state index contributed by atoms with van der Waals surface area (Å²) in [5.41, 5.74) is 5.20. The zero-order valence-electron chi connectivity index (χ0n) is 14.6. The van der Waals surface area contributed by atoms with Gasteiger partial charge < -0.3 is 9.84 Å². The van der Waals surface area contributed by atoms with Crippen molar-refractivity contribution in [3.63, 3.8) is 0 Å². The number of carbonyl (C=O) groups excluding carboxylic acids is 1. The van der Waals surface area contributed by atoms with Crippen LogP contribution in [0.1, 0.15) is 22.3 Å². The van der Waals surface area contributed by atoms with Gasteiger partial charge in [0.15, 0.2) is 5.75 Å². The molecule has 0 aliphatic heterocycles. The number of nitrogens with one attached hydrogen (secondary N) is 1. The number of methoxy groups -OCH3 is 1. The van der Waals surface area contributed by atoms with E-state index >= 15 is 0 Å². The van der Waals surface area contributed by atoms with Crippen LogP contribution in [0, 0.1) is 24.0 Å². The van der Waals surface area contributed by atoms with Crippen LogP contribution in [0.3, 0.4) is 0 Å². The van der Waals surface area contributed by atoms with Gasteiger partial charge in [0.2, 0.25) is 11.7 Å². The topological polar surface area (TPSA) is 114 Å². The Morgan fingerprint density at radius 3 is 2.69 bits per heavy atom. The van der Waals surface area contributed by atoms with Crippen molar-refractivity contribution in [3.05, 3.63) is 62.7 Å². The summed E-state index contributed by atoms with van der Waals surface area (Å²) in [6.07, 6.45) is 1.41. The number of hydrazone groups is 1. The molecule has 8 heteroatoms. The molecule has 2 N–H and O–H groups in total. The van der Waals surface area contributed by atoms with E-state index in [0.29, 0.717) is 5.56 Å². The van der Waals surface area contributed by atoms with Crippen molar-refractivity contribution >= 4 is 17.8 Å². The van der Waals surface area contributed by atoms with E-state index in [9.17, 15) is 20.0 Å². The molecule has 0 radical (unpaired) electrons. The van der Waals surface area contributed by atoms with Gasteiger partial charge in [0.25, 0.3) is 0 Å². The summed E-state index contributed by atoms with van der Waals surface area (Å²) >= 11 is 0. The second-order valence-electron chi connectivity index (χ2n) is 5.75. The fourth-order valence-electron chi connectivity index (χ4n) is 2.42. The molecule has 0 saturated heterocycles. The van der Waals surface area contributed by atoms with Crippen molar-refractivity contribution in [2.24, 2.45) is 5.10 Å². The molecule has 8 nitrogen and oxygen atoms in total. The highest BCUT2D eigenvalue weighted by molar-refractivity contribution is 5.85. The SMILES string of the molecule is COc1cc(/C=N\NC(=O)Cc2ccc(C)cc2C)cc([N+](=O)[O-])c1O. The molecule has 0 fully saturated rings. The van der Waals surface area contributed by atoms with Crippen molar-refractivity contribution in [1.82, 2.24) is 5.43 Å². The van der Waals surface area contributed by atoms with Gasteiger partial charge in [0.05, 0.1) is 24.7 Å². The number of phenolic OH excluding ortho intramolecular Hbond substituents is 1. The highest BCUT2D eigenvalue weighted by Crippen LogP contribution is 2.36. The predicted molar refractivity (Wildman–Crippen MR) is 96.7 cm³/mol. The molecule has 0 aliphatic rings. The van der Waals surface area contributed by atoms with Crippen molar-refractivity contribution in [3.8, 4) is 11.5 Å². The molecule has 0 aromatic heterocycles. The van der Waals surface area contributed by atoms with E-state index in [0.717, 1.165) is 22.8 Å². The number of ether oxygens (including phenoxy) is 1. The number of carbonyl (C=O) groups is 1. The van der Waals surface area contributed by atoms with E-state index in [4.69, 9.17) is 4.74 Å². The molecule has 2 aromatic rings. The minimum Gasteiger partial charge on any atom is -0.500 e. The van der Waals surface area contributed by atoms with Crippen molar-refractivity contribution in [2.75, 3.05) is 7.11 Å². The van der Waals surface area contributed by atoms with Gasteiger partial charge in [-0.1, -0.05) is 23.8 Å². The number of aromatic hydroxyl groups is 1. The summed E-state index contributed by atoms with van der Waals surface area (Å²) in [5, 5.41) is 24.5. The average Bonchev–Trinajstić information content (AvgIpc) is 2.58. The van der Waals surface area contributed by atoms with E-state index < -0.39 is 16.4 Å². The first-order chi connectivity index (χ1) is 12.3. The van der Waals surface area contributed by atoms with Crippen molar-refractivity contribution < 1.29 is 19.6 Å². The first kappa shape index (κ1) is 18.9. The van der Waals surface area contributed by atoms with Gasteiger partial charge >= 0.3 is 5.69 Å². The van der Waals surface area contributed by atoms with Crippen LogP contribution in [0.15, 0.2) is 35.4 Å². The minimum atomic E-state index is -0.728. The third-order valence-electron chi connectivity index (χ3n) is 3.75. The summed E-state index contributed by atoms with van der Waals surface area (Å²) in [4.78, 5) is 22.2. The summed E-state index contributed by atoms with van der Waals surface area (Å²) in [6, 6.07) is 8.33.